The summed E-state index contributed by atoms with van der Waals surface area (Å²) in [6.45, 7) is 0.806. The molecule has 0 bridgehead atoms. The van der Waals surface area contributed by atoms with E-state index in [0.717, 1.165) is 11.1 Å². The van der Waals surface area contributed by atoms with Crippen molar-refractivity contribution in [2.45, 2.75) is 44.8 Å². The van der Waals surface area contributed by atoms with Crippen molar-refractivity contribution in [3.8, 4) is 0 Å². The van der Waals surface area contributed by atoms with E-state index in [2.05, 4.69) is 5.32 Å². The van der Waals surface area contributed by atoms with Crippen LogP contribution in [0, 0.1) is 11.7 Å². The molecule has 0 heterocycles. The van der Waals surface area contributed by atoms with Crippen LogP contribution in [0.1, 0.15) is 36.8 Å². The second kappa shape index (κ2) is 9.35. The molecule has 2 aromatic rings. The Labute approximate surface area is 164 Å². The average Bonchev–Trinajstić information content (AvgIpc) is 2.70. The maximum absolute atomic E-state index is 13.2. The van der Waals surface area contributed by atoms with Gasteiger partial charge in [-0.2, -0.15) is 0 Å². The Morgan fingerprint density at radius 3 is 2.07 bits per heavy atom. The van der Waals surface area contributed by atoms with Crippen LogP contribution in [0.4, 0.5) is 9.18 Å². The largest absolute Gasteiger partial charge is 0.481 e. The molecule has 0 aromatic heterocycles. The zero-order chi connectivity index (χ0) is 19.9. The molecule has 0 radical (unpaired) electrons. The van der Waals surface area contributed by atoms with Crippen LogP contribution in [0.2, 0.25) is 0 Å². The number of carbonyl (C=O) groups excluding carboxylic acids is 1. The molecular weight excluding hydrogens is 359 g/mol. The molecule has 2 N–H and O–H groups in total. The van der Waals surface area contributed by atoms with Gasteiger partial charge in [-0.15, -0.1) is 0 Å². The van der Waals surface area contributed by atoms with Crippen molar-refractivity contribution in [3.05, 3.63) is 71.5 Å². The Hall–Kier alpha value is -2.89. The number of benzene rings is 2. The minimum absolute atomic E-state index is 0.0189. The Kier molecular flexibility index (Phi) is 6.63. The normalized spacial score (nSPS) is 19.0. The van der Waals surface area contributed by atoms with Gasteiger partial charge in [-0.1, -0.05) is 42.5 Å². The molecule has 148 valence electrons. The van der Waals surface area contributed by atoms with Crippen LogP contribution < -0.4 is 5.32 Å². The van der Waals surface area contributed by atoms with Gasteiger partial charge in [-0.25, -0.2) is 9.18 Å². The van der Waals surface area contributed by atoms with E-state index in [9.17, 15) is 14.0 Å². The molecule has 0 saturated heterocycles. The highest BCUT2D eigenvalue weighted by atomic mass is 19.1. The fraction of sp³-hybridized carbons (Fsp3) is 0.364. The monoisotopic (exact) mass is 384 g/mol. The molecule has 2 amide bonds. The topological polar surface area (TPSA) is 69.6 Å². The number of hydrogen-bond acceptors (Lipinski definition) is 2. The quantitative estimate of drug-likeness (QED) is 0.785. The highest BCUT2D eigenvalue weighted by molar-refractivity contribution is 5.75. The lowest BCUT2D eigenvalue weighted by Gasteiger charge is -2.30. The summed E-state index contributed by atoms with van der Waals surface area (Å²) >= 11 is 0. The summed E-state index contributed by atoms with van der Waals surface area (Å²) in [4.78, 5) is 25.7. The van der Waals surface area contributed by atoms with E-state index in [1.165, 1.54) is 12.1 Å². The maximum Gasteiger partial charge on any atom is 0.318 e. The molecule has 1 aliphatic rings. The number of nitrogens with one attached hydrogen (secondary N) is 1. The van der Waals surface area contributed by atoms with E-state index in [1.807, 2.05) is 30.3 Å². The zero-order valence-electron chi connectivity index (χ0n) is 15.7. The van der Waals surface area contributed by atoms with E-state index in [1.54, 1.807) is 17.0 Å². The molecule has 2 aromatic carbocycles. The first kappa shape index (κ1) is 19.9. The number of carbonyl (C=O) groups is 2. The van der Waals surface area contributed by atoms with Gasteiger partial charge in [0.2, 0.25) is 0 Å². The molecule has 1 saturated carbocycles. The number of urea groups is 1. The third-order valence-electron chi connectivity index (χ3n) is 5.19. The van der Waals surface area contributed by atoms with Crippen LogP contribution in [0.25, 0.3) is 0 Å². The van der Waals surface area contributed by atoms with E-state index >= 15 is 0 Å². The third-order valence-corrected chi connectivity index (χ3v) is 5.19. The predicted molar refractivity (Wildman–Crippen MR) is 104 cm³/mol. The summed E-state index contributed by atoms with van der Waals surface area (Å²) in [6, 6.07) is 15.6. The molecule has 1 fully saturated rings. The van der Waals surface area contributed by atoms with Gasteiger partial charge >= 0.3 is 12.0 Å². The van der Waals surface area contributed by atoms with Gasteiger partial charge < -0.3 is 15.3 Å². The van der Waals surface area contributed by atoms with Crippen LogP contribution in [-0.4, -0.2) is 28.0 Å². The summed E-state index contributed by atoms with van der Waals surface area (Å²) in [5, 5.41) is 12.2. The van der Waals surface area contributed by atoms with Crippen LogP contribution in [0.15, 0.2) is 54.6 Å². The Morgan fingerprint density at radius 1 is 0.929 bits per heavy atom. The molecule has 0 aliphatic heterocycles. The second-order valence-electron chi connectivity index (χ2n) is 7.30. The van der Waals surface area contributed by atoms with E-state index in [0.29, 0.717) is 38.8 Å². The van der Waals surface area contributed by atoms with E-state index in [-0.39, 0.29) is 23.8 Å². The number of carboxylic acids is 1. The van der Waals surface area contributed by atoms with Crippen LogP contribution in [0.3, 0.4) is 0 Å². The van der Waals surface area contributed by atoms with Gasteiger partial charge in [0.05, 0.1) is 5.92 Å². The van der Waals surface area contributed by atoms with E-state index in [4.69, 9.17) is 5.11 Å². The standard InChI is InChI=1S/C22H25FN2O3/c23-19-10-6-17(7-11-19)15-25(14-16-4-2-1-3-5-16)22(28)24-20-12-8-18(9-13-20)21(26)27/h1-7,10-11,18,20H,8-9,12-15H2,(H,24,28)(H,26,27). The lowest BCUT2D eigenvalue weighted by Crippen LogP contribution is -2.45. The first-order valence-electron chi connectivity index (χ1n) is 9.58. The van der Waals surface area contributed by atoms with Gasteiger partial charge in [0, 0.05) is 19.1 Å². The molecule has 0 unspecified atom stereocenters. The second-order valence-corrected chi connectivity index (χ2v) is 7.30. The Bertz CT molecular complexity index is 787. The van der Waals surface area contributed by atoms with Crippen LogP contribution in [0.5, 0.6) is 0 Å². The van der Waals surface area contributed by atoms with Crippen molar-refractivity contribution in [2.75, 3.05) is 0 Å². The minimum atomic E-state index is -0.758. The summed E-state index contributed by atoms with van der Waals surface area (Å²) in [7, 11) is 0. The SMILES string of the molecule is O=C(O)C1CCC(NC(=O)N(Cc2ccccc2)Cc2ccc(F)cc2)CC1. The molecule has 6 heteroatoms. The molecule has 5 nitrogen and oxygen atoms in total. The molecular formula is C22H25FN2O3. The Balaban J connectivity index is 1.66. The summed E-state index contributed by atoms with van der Waals surface area (Å²) in [5.41, 5.74) is 1.86. The molecule has 3 rings (SSSR count). The van der Waals surface area contributed by atoms with Gasteiger partial charge in [0.1, 0.15) is 5.82 Å². The summed E-state index contributed by atoms with van der Waals surface area (Å²) < 4.78 is 13.2. The number of hydrogen-bond donors (Lipinski definition) is 2. The summed E-state index contributed by atoms with van der Waals surface area (Å²) in [5.74, 6) is -1.38. The lowest BCUT2D eigenvalue weighted by molar-refractivity contribution is -0.142. The number of rotatable bonds is 6. The molecule has 0 atom stereocenters. The highest BCUT2D eigenvalue weighted by Gasteiger charge is 2.27. The first-order valence-corrected chi connectivity index (χ1v) is 9.58. The Morgan fingerprint density at radius 2 is 1.50 bits per heavy atom. The van der Waals surface area contributed by atoms with Crippen molar-refractivity contribution < 1.29 is 19.1 Å². The van der Waals surface area contributed by atoms with Gasteiger partial charge in [0.15, 0.2) is 0 Å². The average molecular weight is 384 g/mol. The third kappa shape index (κ3) is 5.55. The minimum Gasteiger partial charge on any atom is -0.481 e. The number of nitrogens with zero attached hydrogens (tertiary/aromatic N) is 1. The van der Waals surface area contributed by atoms with Crippen molar-refractivity contribution in [1.29, 1.82) is 0 Å². The summed E-state index contributed by atoms with van der Waals surface area (Å²) in [6.07, 6.45) is 2.49. The number of amides is 2. The van der Waals surface area contributed by atoms with Gasteiger partial charge in [-0.3, -0.25) is 4.79 Å². The molecule has 1 aliphatic carbocycles. The van der Waals surface area contributed by atoms with Gasteiger partial charge in [0.25, 0.3) is 0 Å². The molecule has 0 spiro atoms. The van der Waals surface area contributed by atoms with Gasteiger partial charge in [-0.05, 0) is 48.9 Å². The lowest BCUT2D eigenvalue weighted by atomic mass is 9.86. The number of halogens is 1. The fourth-order valence-corrected chi connectivity index (χ4v) is 3.56. The van der Waals surface area contributed by atoms with Crippen LogP contribution in [-0.2, 0) is 17.9 Å². The predicted octanol–water partition coefficient (Wildman–Crippen LogP) is 4.18. The smallest absolute Gasteiger partial charge is 0.318 e. The number of carboxylic acid groups (broad SMARTS) is 1. The van der Waals surface area contributed by atoms with Crippen molar-refractivity contribution in [2.24, 2.45) is 5.92 Å². The zero-order valence-corrected chi connectivity index (χ0v) is 15.7. The first-order chi connectivity index (χ1) is 13.5. The van der Waals surface area contributed by atoms with Crippen molar-refractivity contribution in [1.82, 2.24) is 10.2 Å². The fourth-order valence-electron chi connectivity index (χ4n) is 3.56. The maximum atomic E-state index is 13.2. The highest BCUT2D eigenvalue weighted by Crippen LogP contribution is 2.24. The van der Waals surface area contributed by atoms with Crippen molar-refractivity contribution in [3.63, 3.8) is 0 Å². The number of aliphatic carboxylic acids is 1. The van der Waals surface area contributed by atoms with E-state index < -0.39 is 5.97 Å². The van der Waals surface area contributed by atoms with Crippen molar-refractivity contribution >= 4 is 12.0 Å². The van der Waals surface area contributed by atoms with Crippen LogP contribution >= 0.6 is 0 Å². The molecule has 28 heavy (non-hydrogen) atoms.